The van der Waals surface area contributed by atoms with Gasteiger partial charge in [0, 0.05) is 12.2 Å². The van der Waals surface area contributed by atoms with Gasteiger partial charge < -0.3 is 9.64 Å². The predicted octanol–water partition coefficient (Wildman–Crippen LogP) is 0.969. The fraction of sp³-hybridized carbons (Fsp3) is 0.636. The zero-order chi connectivity index (χ0) is 11.8. The average Bonchev–Trinajstić information content (AvgIpc) is 2.63. The Labute approximate surface area is 94.8 Å². The van der Waals surface area contributed by atoms with E-state index >= 15 is 0 Å². The number of aryl methyl sites for hydroxylation is 1. The van der Waals surface area contributed by atoms with Gasteiger partial charge in [0.25, 0.3) is 5.91 Å². The van der Waals surface area contributed by atoms with E-state index in [-0.39, 0.29) is 11.4 Å². The minimum Gasteiger partial charge on any atom is -0.377 e. The first-order chi connectivity index (χ1) is 7.52. The SMILES string of the molecule is Cc1[nH]ncc1C(=O)N1CCOCC1(C)C. The van der Waals surface area contributed by atoms with E-state index in [2.05, 4.69) is 10.2 Å². The van der Waals surface area contributed by atoms with Gasteiger partial charge in [0.15, 0.2) is 0 Å². The number of carbonyl (C=O) groups excluding carboxylic acids is 1. The Hall–Kier alpha value is -1.36. The van der Waals surface area contributed by atoms with E-state index in [1.54, 1.807) is 6.20 Å². The smallest absolute Gasteiger partial charge is 0.257 e. The number of ether oxygens (including phenoxy) is 1. The molecule has 1 aromatic heterocycles. The van der Waals surface area contributed by atoms with Crippen molar-refractivity contribution in [1.82, 2.24) is 15.1 Å². The molecule has 0 aromatic carbocycles. The molecule has 0 unspecified atom stereocenters. The molecule has 5 heteroatoms. The van der Waals surface area contributed by atoms with Crippen LogP contribution in [0.5, 0.6) is 0 Å². The maximum Gasteiger partial charge on any atom is 0.257 e. The number of hydrogen-bond acceptors (Lipinski definition) is 3. The van der Waals surface area contributed by atoms with E-state index in [1.165, 1.54) is 0 Å². The number of rotatable bonds is 1. The maximum absolute atomic E-state index is 12.3. The largest absolute Gasteiger partial charge is 0.377 e. The molecule has 1 amide bonds. The molecule has 0 atom stereocenters. The van der Waals surface area contributed by atoms with Gasteiger partial charge in [-0.25, -0.2) is 0 Å². The van der Waals surface area contributed by atoms with Crippen molar-refractivity contribution in [3.63, 3.8) is 0 Å². The van der Waals surface area contributed by atoms with Crippen LogP contribution in [0.2, 0.25) is 0 Å². The number of nitrogens with zero attached hydrogens (tertiary/aromatic N) is 2. The molecule has 5 nitrogen and oxygen atoms in total. The summed E-state index contributed by atoms with van der Waals surface area (Å²) < 4.78 is 5.40. The van der Waals surface area contributed by atoms with Crippen LogP contribution >= 0.6 is 0 Å². The highest BCUT2D eigenvalue weighted by atomic mass is 16.5. The number of carbonyl (C=O) groups is 1. The molecular weight excluding hydrogens is 206 g/mol. The Bertz CT molecular complexity index is 398. The molecule has 2 heterocycles. The Kier molecular flexibility index (Phi) is 2.71. The topological polar surface area (TPSA) is 58.2 Å². The van der Waals surface area contributed by atoms with E-state index < -0.39 is 0 Å². The first-order valence-electron chi connectivity index (χ1n) is 5.42. The van der Waals surface area contributed by atoms with Gasteiger partial charge >= 0.3 is 0 Å². The first-order valence-corrected chi connectivity index (χ1v) is 5.42. The minimum atomic E-state index is -0.251. The third-order valence-corrected chi connectivity index (χ3v) is 2.95. The number of aromatic nitrogens is 2. The van der Waals surface area contributed by atoms with E-state index in [0.29, 0.717) is 25.3 Å². The molecule has 0 radical (unpaired) electrons. The van der Waals surface area contributed by atoms with E-state index in [0.717, 1.165) is 5.69 Å². The highest BCUT2D eigenvalue weighted by Gasteiger charge is 2.35. The second-order valence-electron chi connectivity index (χ2n) is 4.73. The van der Waals surface area contributed by atoms with Crippen LogP contribution in [0.3, 0.4) is 0 Å². The van der Waals surface area contributed by atoms with E-state index in [1.807, 2.05) is 25.7 Å². The molecule has 0 bridgehead atoms. The summed E-state index contributed by atoms with van der Waals surface area (Å²) in [5, 5.41) is 6.67. The summed E-state index contributed by atoms with van der Waals surface area (Å²) in [6.45, 7) is 7.70. The summed E-state index contributed by atoms with van der Waals surface area (Å²) in [5.74, 6) is 0.0274. The minimum absolute atomic E-state index is 0.0274. The second kappa shape index (κ2) is 3.90. The fourth-order valence-electron chi connectivity index (χ4n) is 1.95. The zero-order valence-corrected chi connectivity index (χ0v) is 9.91. The molecule has 0 saturated carbocycles. The highest BCUT2D eigenvalue weighted by molar-refractivity contribution is 5.95. The molecule has 1 N–H and O–H groups in total. The molecule has 16 heavy (non-hydrogen) atoms. The van der Waals surface area contributed by atoms with Gasteiger partial charge in [-0.2, -0.15) is 5.10 Å². The number of H-pyrrole nitrogens is 1. The number of amides is 1. The average molecular weight is 223 g/mol. The summed E-state index contributed by atoms with van der Waals surface area (Å²) in [6.07, 6.45) is 1.59. The van der Waals surface area contributed by atoms with Gasteiger partial charge in [-0.1, -0.05) is 0 Å². The fourth-order valence-corrected chi connectivity index (χ4v) is 1.95. The second-order valence-corrected chi connectivity index (χ2v) is 4.73. The van der Waals surface area contributed by atoms with Crippen LogP contribution in [0.25, 0.3) is 0 Å². The lowest BCUT2D eigenvalue weighted by Crippen LogP contribution is -2.55. The lowest BCUT2D eigenvalue weighted by atomic mass is 10.0. The molecule has 1 aromatic rings. The van der Waals surface area contributed by atoms with Crippen LogP contribution in [0, 0.1) is 6.92 Å². The predicted molar refractivity (Wildman–Crippen MR) is 59.3 cm³/mol. The van der Waals surface area contributed by atoms with Crippen molar-refractivity contribution >= 4 is 5.91 Å². The summed E-state index contributed by atoms with van der Waals surface area (Å²) >= 11 is 0. The van der Waals surface area contributed by atoms with Gasteiger partial charge in [0.1, 0.15) is 0 Å². The van der Waals surface area contributed by atoms with Gasteiger partial charge in [-0.3, -0.25) is 9.89 Å². The van der Waals surface area contributed by atoms with Crippen molar-refractivity contribution in [2.45, 2.75) is 26.3 Å². The molecule has 0 spiro atoms. The van der Waals surface area contributed by atoms with Gasteiger partial charge in [-0.05, 0) is 20.8 Å². The van der Waals surface area contributed by atoms with Crippen molar-refractivity contribution in [3.05, 3.63) is 17.5 Å². The molecule has 1 aliphatic heterocycles. The van der Waals surface area contributed by atoms with Crippen molar-refractivity contribution in [2.24, 2.45) is 0 Å². The standard InChI is InChI=1S/C11H17N3O2/c1-8-9(6-12-13-8)10(15)14-4-5-16-7-11(14,2)3/h6H,4-5,7H2,1-3H3,(H,12,13). The third kappa shape index (κ3) is 1.82. The monoisotopic (exact) mass is 223 g/mol. The number of hydrogen-bond donors (Lipinski definition) is 1. The highest BCUT2D eigenvalue weighted by Crippen LogP contribution is 2.22. The van der Waals surface area contributed by atoms with Crippen molar-refractivity contribution in [1.29, 1.82) is 0 Å². The van der Waals surface area contributed by atoms with Gasteiger partial charge in [0.05, 0.1) is 30.5 Å². The lowest BCUT2D eigenvalue weighted by Gasteiger charge is -2.42. The summed E-state index contributed by atoms with van der Waals surface area (Å²) in [7, 11) is 0. The van der Waals surface area contributed by atoms with Crippen LogP contribution in [-0.2, 0) is 4.74 Å². The Morgan fingerprint density at radius 3 is 2.94 bits per heavy atom. The molecule has 2 rings (SSSR count). The van der Waals surface area contributed by atoms with Crippen LogP contribution in [0.1, 0.15) is 29.9 Å². The molecule has 1 fully saturated rings. The van der Waals surface area contributed by atoms with Crippen LogP contribution in [-0.4, -0.2) is 46.3 Å². The molecule has 1 saturated heterocycles. The van der Waals surface area contributed by atoms with Crippen LogP contribution in [0.15, 0.2) is 6.20 Å². The maximum atomic E-state index is 12.3. The summed E-state index contributed by atoms with van der Waals surface area (Å²) in [5.41, 5.74) is 1.21. The van der Waals surface area contributed by atoms with Crippen molar-refractivity contribution in [2.75, 3.05) is 19.8 Å². The molecular formula is C11H17N3O2. The van der Waals surface area contributed by atoms with Crippen LogP contribution < -0.4 is 0 Å². The Morgan fingerprint density at radius 2 is 2.38 bits per heavy atom. The summed E-state index contributed by atoms with van der Waals surface area (Å²) in [4.78, 5) is 14.2. The number of morpholine rings is 1. The van der Waals surface area contributed by atoms with Gasteiger partial charge in [-0.15, -0.1) is 0 Å². The van der Waals surface area contributed by atoms with E-state index in [9.17, 15) is 4.79 Å². The zero-order valence-electron chi connectivity index (χ0n) is 9.91. The number of nitrogens with one attached hydrogen (secondary N) is 1. The van der Waals surface area contributed by atoms with Crippen molar-refractivity contribution < 1.29 is 9.53 Å². The normalized spacial score (nSPS) is 19.8. The van der Waals surface area contributed by atoms with Crippen LogP contribution in [0.4, 0.5) is 0 Å². The third-order valence-electron chi connectivity index (χ3n) is 2.95. The lowest BCUT2D eigenvalue weighted by molar-refractivity contribution is -0.0370. The number of aromatic amines is 1. The molecule has 88 valence electrons. The van der Waals surface area contributed by atoms with E-state index in [4.69, 9.17) is 4.74 Å². The summed E-state index contributed by atoms with van der Waals surface area (Å²) in [6, 6.07) is 0. The van der Waals surface area contributed by atoms with Gasteiger partial charge in [0.2, 0.25) is 0 Å². The molecule has 0 aliphatic carbocycles. The quantitative estimate of drug-likeness (QED) is 0.771. The Balaban J connectivity index is 2.24. The molecule has 1 aliphatic rings. The first kappa shape index (κ1) is 11.1. The van der Waals surface area contributed by atoms with Crippen molar-refractivity contribution in [3.8, 4) is 0 Å². The Morgan fingerprint density at radius 1 is 1.62 bits per heavy atom.